The average molecular weight is 1250 g/mol. The normalized spacial score (nSPS) is 19.2. The first-order valence-corrected chi connectivity index (χ1v) is 30.4. The van der Waals surface area contributed by atoms with Crippen LogP contribution in [0.4, 0.5) is 27.8 Å². The first kappa shape index (κ1) is 60.2. The number of carbonyl (C=O) groups excluding carboxylic acids is 2. The van der Waals surface area contributed by atoms with Gasteiger partial charge in [-0.1, -0.05) is 97.2 Å². The first-order chi connectivity index (χ1) is 41.6. The molecule has 0 aliphatic carbocycles. The lowest BCUT2D eigenvalue weighted by Crippen LogP contribution is -2.43. The van der Waals surface area contributed by atoms with Gasteiger partial charge in [0, 0.05) is 56.0 Å². The van der Waals surface area contributed by atoms with Crippen molar-refractivity contribution in [1.82, 2.24) is 39.5 Å². The minimum Gasteiger partial charge on any atom is -0.382 e. The second-order valence-corrected chi connectivity index (χ2v) is 25.6. The average Bonchev–Trinajstić information content (AvgIpc) is 1.67. The number of benzene rings is 6. The molecule has 2 fully saturated rings. The summed E-state index contributed by atoms with van der Waals surface area (Å²) in [6, 6.07) is 35.6. The Labute approximate surface area is 506 Å². The van der Waals surface area contributed by atoms with E-state index >= 15 is 0 Å². The largest absolute Gasteiger partial charge is 0.382 e. The van der Waals surface area contributed by atoms with Crippen LogP contribution in [0.5, 0.6) is 0 Å². The maximum atomic E-state index is 14.9. The van der Waals surface area contributed by atoms with E-state index in [4.69, 9.17) is 18.9 Å². The fraction of sp³-hybridized carbons (Fsp3) is 0.267. The van der Waals surface area contributed by atoms with Crippen LogP contribution in [0.15, 0.2) is 159 Å². The summed E-state index contributed by atoms with van der Waals surface area (Å²) in [7, 11) is 0. The summed E-state index contributed by atoms with van der Waals surface area (Å²) in [5.74, 6) is -3.68. The van der Waals surface area contributed by atoms with Crippen LogP contribution in [0.1, 0.15) is 69.4 Å². The van der Waals surface area contributed by atoms with Crippen molar-refractivity contribution in [2.75, 3.05) is 37.1 Å². The Morgan fingerprint density at radius 3 is 1.31 bits per heavy atom. The van der Waals surface area contributed by atoms with Crippen molar-refractivity contribution >= 4 is 88.7 Å². The molecule has 2 amide bonds. The van der Waals surface area contributed by atoms with Crippen LogP contribution in [0, 0.1) is 23.3 Å². The van der Waals surface area contributed by atoms with E-state index in [-0.39, 0.29) is 46.5 Å². The lowest BCUT2D eigenvalue weighted by Gasteiger charge is -2.37. The number of aliphatic hydroxyl groups is 2. The smallest absolute Gasteiger partial charge is 0.257 e. The molecule has 4 N–H and O–H groups in total. The third-order valence-electron chi connectivity index (χ3n) is 14.3. The molecular weight excluding hydrogens is 1190 g/mol. The van der Waals surface area contributed by atoms with Gasteiger partial charge in [-0.05, 0) is 60.7 Å². The highest BCUT2D eigenvalue weighted by atomic mass is 32.2. The van der Waals surface area contributed by atoms with E-state index in [2.05, 4.69) is 40.8 Å². The highest BCUT2D eigenvalue weighted by Gasteiger charge is 2.43. The van der Waals surface area contributed by atoms with E-state index in [0.29, 0.717) is 47.8 Å². The second-order valence-electron chi connectivity index (χ2n) is 20.2. The Balaban J connectivity index is 0.000000179. The number of ether oxygens (including phenoxy) is 4. The predicted molar refractivity (Wildman–Crippen MR) is 320 cm³/mol. The predicted octanol–water partition coefficient (Wildman–Crippen LogP) is 11.1. The number of amides is 2. The number of thioether (sulfide) groups is 2. The third-order valence-corrected chi connectivity index (χ3v) is 19.1. The van der Waals surface area contributed by atoms with E-state index in [1.54, 1.807) is 62.4 Å². The van der Waals surface area contributed by atoms with Crippen LogP contribution >= 0.6 is 46.2 Å². The van der Waals surface area contributed by atoms with Gasteiger partial charge in [-0.25, -0.2) is 46.9 Å². The number of aromatic nitrogens is 8. The van der Waals surface area contributed by atoms with Crippen LogP contribution < -0.4 is 10.6 Å². The maximum absolute atomic E-state index is 14.9. The van der Waals surface area contributed by atoms with Crippen LogP contribution in [-0.2, 0) is 43.2 Å². The monoisotopic (exact) mass is 1250 g/mol. The van der Waals surface area contributed by atoms with Crippen molar-refractivity contribution < 1.29 is 56.3 Å². The summed E-state index contributed by atoms with van der Waals surface area (Å²) in [6.07, 6.45) is 4.25. The zero-order valence-electron chi connectivity index (χ0n) is 45.8. The number of halogens is 4. The van der Waals surface area contributed by atoms with E-state index in [1.165, 1.54) is 93.0 Å². The minimum absolute atomic E-state index is 0.0350. The van der Waals surface area contributed by atoms with Gasteiger partial charge in [0.1, 0.15) is 59.8 Å². The first-order valence-electron chi connectivity index (χ1n) is 26.9. The van der Waals surface area contributed by atoms with Gasteiger partial charge in [0.2, 0.25) is 0 Å². The van der Waals surface area contributed by atoms with Crippen molar-refractivity contribution in [3.63, 3.8) is 0 Å². The molecule has 10 aromatic rings. The van der Waals surface area contributed by atoms with Gasteiger partial charge >= 0.3 is 0 Å². The van der Waals surface area contributed by atoms with Crippen molar-refractivity contribution in [1.29, 1.82) is 0 Å². The quantitative estimate of drug-likeness (QED) is 0.0587. The van der Waals surface area contributed by atoms with Crippen LogP contribution in [-0.4, -0.2) is 109 Å². The molecule has 12 rings (SSSR count). The molecule has 2 aliphatic heterocycles. The zero-order chi connectivity index (χ0) is 60.0. The third kappa shape index (κ3) is 14.0. The van der Waals surface area contributed by atoms with E-state index in [0.717, 1.165) is 55.8 Å². The highest BCUT2D eigenvalue weighted by molar-refractivity contribution is 8.00. The molecule has 0 radical (unpaired) electrons. The molecule has 6 aromatic carbocycles. The number of nitrogens with one attached hydrogen (secondary N) is 2. The molecule has 0 unspecified atom stereocenters. The van der Waals surface area contributed by atoms with Crippen LogP contribution in [0.2, 0.25) is 0 Å². The van der Waals surface area contributed by atoms with Crippen molar-refractivity contribution in [2.45, 2.75) is 71.7 Å². The Bertz CT molecular complexity index is 3610. The maximum Gasteiger partial charge on any atom is 0.257 e. The van der Waals surface area contributed by atoms with Gasteiger partial charge in [0.15, 0.2) is 22.8 Å². The van der Waals surface area contributed by atoms with Gasteiger partial charge < -0.3 is 29.2 Å². The van der Waals surface area contributed by atoms with Gasteiger partial charge in [0.05, 0.1) is 70.5 Å². The summed E-state index contributed by atoms with van der Waals surface area (Å²) in [4.78, 5) is 42.2. The molecule has 26 heteroatoms. The molecular formula is C60H54F4N10O8S4. The molecule has 0 saturated carbocycles. The van der Waals surface area contributed by atoms with E-state index in [1.807, 2.05) is 48.5 Å². The summed E-state index contributed by atoms with van der Waals surface area (Å²) in [6.45, 7) is 4.62. The Hall–Kier alpha value is -7.50. The zero-order valence-corrected chi connectivity index (χ0v) is 49.1. The fourth-order valence-electron chi connectivity index (χ4n) is 9.76. The van der Waals surface area contributed by atoms with Crippen molar-refractivity contribution in [3.8, 4) is 0 Å². The number of rotatable bonds is 18. The summed E-state index contributed by atoms with van der Waals surface area (Å²) < 4.78 is 85.7. The lowest BCUT2D eigenvalue weighted by molar-refractivity contribution is -0.180. The molecule has 6 heterocycles. The molecule has 2 aliphatic rings. The van der Waals surface area contributed by atoms with Crippen molar-refractivity contribution in [2.24, 2.45) is 0 Å². The molecule has 18 nitrogen and oxygen atoms in total. The lowest BCUT2D eigenvalue weighted by atomic mass is 9.90. The number of anilines is 2. The number of fused-ring (bicyclic) bond motifs is 2. The van der Waals surface area contributed by atoms with E-state index < -0.39 is 57.6 Å². The number of hydrogen-bond acceptors (Lipinski definition) is 18. The SMILES string of the molecule is C[C@@H](SC1COC(c2ccc(C(=O)Nc3nc4ccccc4s3)cc2)OC1)[C@](O)(Cn1cncn1)c1ccc(F)cc1F.C[C@@H](SC1COC(c2ccc(C(=O)Nc3nc4ccccc4s3)cc2)OC1)[C@](O)(Cn1cncn1)c1ccc(F)cc1F. The Morgan fingerprint density at radius 2 is 0.965 bits per heavy atom. The molecule has 4 aromatic heterocycles. The molecule has 4 atom stereocenters. The summed E-state index contributed by atoms with van der Waals surface area (Å²) in [5, 5.41) is 36.9. The van der Waals surface area contributed by atoms with Gasteiger partial charge in [-0.3, -0.25) is 20.2 Å². The standard InChI is InChI=1S/2C30H27F2N5O4S2/c2*1-18(30(39,15-37-17-33-16-34-37)23-11-10-21(31)12-24(23)32)42-22-13-40-28(41-14-22)20-8-6-19(7-9-20)27(38)36-29-35-25-4-2-3-5-26(25)43-29/h2*2-12,16-18,22,28,39H,13-15H2,1H3,(H,35,36,38)/t2*18-,22?,28?,30-/m11/s1. The molecule has 444 valence electrons. The van der Waals surface area contributed by atoms with Gasteiger partial charge in [-0.2, -0.15) is 10.2 Å². The molecule has 2 saturated heterocycles. The Morgan fingerprint density at radius 1 is 0.581 bits per heavy atom. The second kappa shape index (κ2) is 26.6. The summed E-state index contributed by atoms with van der Waals surface area (Å²) in [5.41, 5.74) is 0.592. The minimum atomic E-state index is -1.73. The number of para-hydroxylation sites is 2. The van der Waals surface area contributed by atoms with E-state index in [9.17, 15) is 37.4 Å². The Kier molecular flexibility index (Phi) is 18.6. The highest BCUT2D eigenvalue weighted by Crippen LogP contribution is 2.42. The molecule has 86 heavy (non-hydrogen) atoms. The number of hydrogen-bond donors (Lipinski definition) is 4. The van der Waals surface area contributed by atoms with Crippen molar-refractivity contribution in [3.05, 3.63) is 215 Å². The van der Waals surface area contributed by atoms with Gasteiger partial charge in [0.25, 0.3) is 11.8 Å². The van der Waals surface area contributed by atoms with Crippen LogP contribution in [0.25, 0.3) is 20.4 Å². The van der Waals surface area contributed by atoms with Crippen LogP contribution in [0.3, 0.4) is 0 Å². The number of carbonyl (C=O) groups is 2. The summed E-state index contributed by atoms with van der Waals surface area (Å²) >= 11 is 5.59. The number of nitrogens with zero attached hydrogens (tertiary/aromatic N) is 8. The fourth-order valence-corrected chi connectivity index (χ4v) is 14.1. The topological polar surface area (TPSA) is 223 Å². The number of thiazole rings is 2. The molecule has 0 bridgehead atoms. The molecule has 0 spiro atoms. The van der Waals surface area contributed by atoms with Gasteiger partial charge in [-0.15, -0.1) is 23.5 Å².